The number of aromatic nitrogens is 1. The summed E-state index contributed by atoms with van der Waals surface area (Å²) in [5.41, 5.74) is 2.11. The summed E-state index contributed by atoms with van der Waals surface area (Å²) in [5, 5.41) is 16.0. The number of non-ortho nitro benzene ring substituents is 1. The van der Waals surface area contributed by atoms with E-state index < -0.39 is 10.8 Å². The van der Waals surface area contributed by atoms with Gasteiger partial charge in [-0.2, -0.15) is 0 Å². The van der Waals surface area contributed by atoms with Crippen molar-refractivity contribution in [1.29, 1.82) is 0 Å². The number of nitro groups is 1. The quantitative estimate of drug-likeness (QED) is 0.497. The third-order valence-corrected chi connectivity index (χ3v) is 4.78. The summed E-state index contributed by atoms with van der Waals surface area (Å²) < 4.78 is 5.35. The molecule has 0 saturated heterocycles. The van der Waals surface area contributed by atoms with Crippen LogP contribution in [0.15, 0.2) is 47.8 Å². The minimum atomic E-state index is -0.528. The largest absolute Gasteiger partial charge is 0.496 e. The summed E-state index contributed by atoms with van der Waals surface area (Å²) in [5.74, 6) is 0.215. The molecule has 0 atom stereocenters. The number of thiazole rings is 1. The fraction of sp³-hybridized carbons (Fsp3) is 0.158. The van der Waals surface area contributed by atoms with Crippen molar-refractivity contribution in [2.24, 2.45) is 0 Å². The number of carbonyl (C=O) groups is 1. The topological polar surface area (TPSA) is 97.6 Å². The van der Waals surface area contributed by atoms with Gasteiger partial charge in [-0.3, -0.25) is 20.2 Å². The molecule has 0 bridgehead atoms. The Hall–Kier alpha value is -3.46. The van der Waals surface area contributed by atoms with E-state index in [-0.39, 0.29) is 11.3 Å². The van der Waals surface area contributed by atoms with Gasteiger partial charge in [0.2, 0.25) is 0 Å². The molecular weight excluding hydrogens is 380 g/mol. The Morgan fingerprint density at radius 2 is 2.00 bits per heavy atom. The lowest BCUT2D eigenvalue weighted by molar-refractivity contribution is -0.384. The van der Waals surface area contributed by atoms with Crippen molar-refractivity contribution < 1.29 is 14.5 Å². The number of anilines is 2. The fourth-order valence-electron chi connectivity index (χ4n) is 2.68. The smallest absolute Gasteiger partial charge is 0.270 e. The van der Waals surface area contributed by atoms with E-state index in [1.807, 2.05) is 29.6 Å². The highest BCUT2D eigenvalue weighted by Gasteiger charge is 2.19. The zero-order valence-corrected chi connectivity index (χ0v) is 16.3. The molecule has 0 unspecified atom stereocenters. The molecule has 0 aliphatic heterocycles. The van der Waals surface area contributed by atoms with Crippen LogP contribution in [0.1, 0.15) is 10.4 Å². The molecule has 0 spiro atoms. The zero-order chi connectivity index (χ0) is 20.3. The van der Waals surface area contributed by atoms with E-state index in [4.69, 9.17) is 4.74 Å². The first kappa shape index (κ1) is 19.3. The normalized spacial score (nSPS) is 10.4. The second-order valence-corrected chi connectivity index (χ2v) is 6.90. The molecule has 0 aliphatic rings. The number of hydrogen-bond acceptors (Lipinski definition) is 7. The highest BCUT2D eigenvalue weighted by atomic mass is 32.1. The maximum atomic E-state index is 12.8. The summed E-state index contributed by atoms with van der Waals surface area (Å²) in [6.07, 6.45) is 0. The number of carbonyl (C=O) groups excluding carboxylic acids is 1. The third-order valence-electron chi connectivity index (χ3n) is 4.02. The average molecular weight is 398 g/mol. The van der Waals surface area contributed by atoms with Gasteiger partial charge in [-0.15, -0.1) is 11.3 Å². The number of nitrogens with zero attached hydrogens (tertiary/aromatic N) is 3. The van der Waals surface area contributed by atoms with Gasteiger partial charge in [-0.1, -0.05) is 12.1 Å². The summed E-state index contributed by atoms with van der Waals surface area (Å²) >= 11 is 1.27. The predicted octanol–water partition coefficient (Wildman–Crippen LogP) is 4.05. The van der Waals surface area contributed by atoms with E-state index >= 15 is 0 Å². The Balaban J connectivity index is 1.89. The van der Waals surface area contributed by atoms with Crippen LogP contribution in [-0.2, 0) is 0 Å². The first-order valence-electron chi connectivity index (χ1n) is 8.26. The molecule has 1 aromatic heterocycles. The van der Waals surface area contributed by atoms with Crippen LogP contribution in [0.2, 0.25) is 0 Å². The Morgan fingerprint density at radius 3 is 2.68 bits per heavy atom. The molecule has 1 amide bonds. The van der Waals surface area contributed by atoms with Gasteiger partial charge in [-0.25, -0.2) is 4.98 Å². The van der Waals surface area contributed by atoms with Crippen LogP contribution in [0.5, 0.6) is 5.75 Å². The van der Waals surface area contributed by atoms with E-state index in [0.29, 0.717) is 22.3 Å². The van der Waals surface area contributed by atoms with E-state index in [1.165, 1.54) is 23.5 Å². The maximum Gasteiger partial charge on any atom is 0.270 e. The molecule has 3 rings (SSSR count). The van der Waals surface area contributed by atoms with Crippen LogP contribution in [-0.4, -0.2) is 37.0 Å². The molecule has 1 heterocycles. The molecule has 28 heavy (non-hydrogen) atoms. The van der Waals surface area contributed by atoms with Gasteiger partial charge in [-0.05, 0) is 18.2 Å². The Bertz CT molecular complexity index is 1030. The number of benzene rings is 2. The maximum absolute atomic E-state index is 12.8. The minimum absolute atomic E-state index is 0.149. The van der Waals surface area contributed by atoms with Crippen LogP contribution in [0.3, 0.4) is 0 Å². The van der Waals surface area contributed by atoms with Gasteiger partial charge < -0.3 is 9.64 Å². The van der Waals surface area contributed by atoms with Gasteiger partial charge >= 0.3 is 0 Å². The number of methoxy groups -OCH3 is 1. The SMILES string of the molecule is COc1ccccc1-c1csc(NC(=O)c2cc([N+](=O)[O-])ccc2N(C)C)n1. The van der Waals surface area contributed by atoms with Gasteiger partial charge in [0, 0.05) is 42.9 Å². The molecule has 0 radical (unpaired) electrons. The Kier molecular flexibility index (Phi) is 5.55. The zero-order valence-electron chi connectivity index (χ0n) is 15.5. The van der Waals surface area contributed by atoms with Crippen molar-refractivity contribution in [3.63, 3.8) is 0 Å². The Morgan fingerprint density at radius 1 is 1.25 bits per heavy atom. The van der Waals surface area contributed by atoms with E-state index in [0.717, 1.165) is 5.56 Å². The minimum Gasteiger partial charge on any atom is -0.496 e. The van der Waals surface area contributed by atoms with Crippen molar-refractivity contribution in [2.75, 3.05) is 31.4 Å². The fourth-order valence-corrected chi connectivity index (χ4v) is 3.39. The number of nitro benzene ring substituents is 1. The summed E-state index contributed by atoms with van der Waals surface area (Å²) in [7, 11) is 5.11. The Labute approximate surface area is 165 Å². The van der Waals surface area contributed by atoms with Crippen molar-refractivity contribution in [3.8, 4) is 17.0 Å². The summed E-state index contributed by atoms with van der Waals surface area (Å²) in [4.78, 5) is 29.5. The number of para-hydroxylation sites is 1. The number of ether oxygens (including phenoxy) is 1. The van der Waals surface area contributed by atoms with Crippen molar-refractivity contribution in [3.05, 3.63) is 63.5 Å². The van der Waals surface area contributed by atoms with Crippen LogP contribution < -0.4 is 15.0 Å². The second-order valence-electron chi connectivity index (χ2n) is 6.05. The molecule has 8 nitrogen and oxygen atoms in total. The van der Waals surface area contributed by atoms with Crippen LogP contribution in [0, 0.1) is 10.1 Å². The van der Waals surface area contributed by atoms with Crippen molar-refractivity contribution in [1.82, 2.24) is 4.98 Å². The highest BCUT2D eigenvalue weighted by molar-refractivity contribution is 7.14. The predicted molar refractivity (Wildman–Crippen MR) is 109 cm³/mol. The van der Waals surface area contributed by atoms with E-state index in [2.05, 4.69) is 10.3 Å². The molecule has 3 aromatic rings. The molecule has 0 fully saturated rings. The van der Waals surface area contributed by atoms with E-state index in [1.54, 1.807) is 32.2 Å². The molecule has 0 saturated carbocycles. The molecule has 2 aromatic carbocycles. The van der Waals surface area contributed by atoms with Crippen molar-refractivity contribution in [2.45, 2.75) is 0 Å². The standard InChI is InChI=1S/C19H18N4O4S/c1-22(2)16-9-8-12(23(25)26)10-14(16)18(24)21-19-20-15(11-28-19)13-6-4-5-7-17(13)27-3/h4-11H,1-3H3,(H,20,21,24). The summed E-state index contributed by atoms with van der Waals surface area (Å²) in [6, 6.07) is 11.6. The summed E-state index contributed by atoms with van der Waals surface area (Å²) in [6.45, 7) is 0. The monoisotopic (exact) mass is 398 g/mol. The second kappa shape index (κ2) is 8.05. The number of rotatable bonds is 6. The lowest BCUT2D eigenvalue weighted by Crippen LogP contribution is -2.18. The average Bonchev–Trinajstić information content (AvgIpc) is 3.15. The lowest BCUT2D eigenvalue weighted by Gasteiger charge is -2.16. The van der Waals surface area contributed by atoms with Crippen LogP contribution in [0.25, 0.3) is 11.3 Å². The molecular formula is C19H18N4O4S. The lowest BCUT2D eigenvalue weighted by atomic mass is 10.1. The first-order chi connectivity index (χ1) is 13.4. The van der Waals surface area contributed by atoms with Gasteiger partial charge in [0.1, 0.15) is 5.75 Å². The van der Waals surface area contributed by atoms with Gasteiger partial charge in [0.15, 0.2) is 5.13 Å². The number of hydrogen-bond donors (Lipinski definition) is 1. The highest BCUT2D eigenvalue weighted by Crippen LogP contribution is 2.32. The first-order valence-corrected chi connectivity index (χ1v) is 9.14. The van der Waals surface area contributed by atoms with Gasteiger partial charge in [0.05, 0.1) is 23.3 Å². The van der Waals surface area contributed by atoms with E-state index in [9.17, 15) is 14.9 Å². The number of amides is 1. The van der Waals surface area contributed by atoms with Crippen LogP contribution in [0.4, 0.5) is 16.5 Å². The van der Waals surface area contributed by atoms with Gasteiger partial charge in [0.25, 0.3) is 11.6 Å². The molecule has 9 heteroatoms. The van der Waals surface area contributed by atoms with Crippen molar-refractivity contribution >= 4 is 33.8 Å². The molecule has 144 valence electrons. The number of nitrogens with one attached hydrogen (secondary N) is 1. The van der Waals surface area contributed by atoms with Crippen LogP contribution >= 0.6 is 11.3 Å². The third kappa shape index (κ3) is 3.94. The molecule has 1 N–H and O–H groups in total. The molecule has 0 aliphatic carbocycles.